The summed E-state index contributed by atoms with van der Waals surface area (Å²) in [6.45, 7) is 0.462. The fourth-order valence-electron chi connectivity index (χ4n) is 0.834. The maximum Gasteiger partial charge on any atom is 0.150 e. The number of ether oxygens (including phenoxy) is 1. The third-order valence-electron chi connectivity index (χ3n) is 1.34. The normalized spacial score (nSPS) is 9.42. The number of rotatable bonds is 4. The zero-order valence-corrected chi connectivity index (χ0v) is 7.25. The van der Waals surface area contributed by atoms with E-state index in [2.05, 4.69) is 0 Å². The Morgan fingerprint density at radius 3 is 3.00 bits per heavy atom. The third kappa shape index (κ3) is 2.55. The van der Waals surface area contributed by atoms with Gasteiger partial charge in [-0.25, -0.2) is 0 Å². The molecule has 0 amide bonds. The molecule has 0 spiro atoms. The number of benzene rings is 1. The van der Waals surface area contributed by atoms with Crippen molar-refractivity contribution >= 4 is 17.9 Å². The van der Waals surface area contributed by atoms with E-state index in [-0.39, 0.29) is 0 Å². The molecular formula is C9H9ClO2. The van der Waals surface area contributed by atoms with Crippen LogP contribution in [-0.2, 0) is 0 Å². The Morgan fingerprint density at radius 1 is 1.50 bits per heavy atom. The molecular weight excluding hydrogens is 176 g/mol. The van der Waals surface area contributed by atoms with E-state index in [9.17, 15) is 4.79 Å². The molecule has 1 rings (SSSR count). The maximum absolute atomic E-state index is 10.4. The smallest absolute Gasteiger partial charge is 0.150 e. The first-order valence-corrected chi connectivity index (χ1v) is 4.14. The van der Waals surface area contributed by atoms with E-state index in [4.69, 9.17) is 16.3 Å². The number of aldehydes is 1. The number of hydrogen-bond donors (Lipinski definition) is 0. The molecule has 2 nitrogen and oxygen atoms in total. The van der Waals surface area contributed by atoms with E-state index < -0.39 is 0 Å². The van der Waals surface area contributed by atoms with E-state index in [0.717, 1.165) is 6.29 Å². The van der Waals surface area contributed by atoms with Crippen LogP contribution in [0.2, 0.25) is 0 Å². The molecule has 0 unspecified atom stereocenters. The molecule has 0 radical (unpaired) electrons. The molecule has 0 saturated heterocycles. The van der Waals surface area contributed by atoms with Crippen molar-refractivity contribution < 1.29 is 9.53 Å². The van der Waals surface area contributed by atoms with Gasteiger partial charge in [-0.15, -0.1) is 11.6 Å². The summed E-state index contributed by atoms with van der Waals surface area (Å²) in [6, 6.07) is 6.97. The van der Waals surface area contributed by atoms with Crippen LogP contribution in [0.25, 0.3) is 0 Å². The van der Waals surface area contributed by atoms with Gasteiger partial charge in [-0.1, -0.05) is 12.1 Å². The van der Waals surface area contributed by atoms with Crippen LogP contribution >= 0.6 is 11.6 Å². The van der Waals surface area contributed by atoms with Gasteiger partial charge in [0.2, 0.25) is 0 Å². The number of hydrogen-bond acceptors (Lipinski definition) is 2. The molecule has 0 aliphatic rings. The lowest BCUT2D eigenvalue weighted by Crippen LogP contribution is -1.98. The molecule has 12 heavy (non-hydrogen) atoms. The summed E-state index contributed by atoms with van der Waals surface area (Å²) < 4.78 is 5.21. The van der Waals surface area contributed by atoms with Gasteiger partial charge < -0.3 is 4.74 Å². The number of alkyl halides is 1. The van der Waals surface area contributed by atoms with Crippen molar-refractivity contribution in [2.24, 2.45) is 0 Å². The van der Waals surface area contributed by atoms with E-state index in [1.807, 2.05) is 0 Å². The first kappa shape index (κ1) is 9.07. The van der Waals surface area contributed by atoms with Gasteiger partial charge in [-0.05, 0) is 12.1 Å². The molecule has 0 aromatic heterocycles. The standard InChI is InChI=1S/C9H9ClO2/c10-4-5-12-9-3-1-2-8(6-9)7-11/h1-3,6-7H,4-5H2. The van der Waals surface area contributed by atoms with Crippen LogP contribution in [0, 0.1) is 0 Å². The minimum Gasteiger partial charge on any atom is -0.492 e. The molecule has 3 heteroatoms. The lowest BCUT2D eigenvalue weighted by Gasteiger charge is -2.02. The highest BCUT2D eigenvalue weighted by atomic mass is 35.5. The lowest BCUT2D eigenvalue weighted by atomic mass is 10.2. The average Bonchev–Trinajstić information content (AvgIpc) is 2.15. The van der Waals surface area contributed by atoms with Gasteiger partial charge in [0, 0.05) is 5.56 Å². The fourth-order valence-corrected chi connectivity index (χ4v) is 0.911. The molecule has 0 aliphatic carbocycles. The molecule has 0 atom stereocenters. The topological polar surface area (TPSA) is 26.3 Å². The summed E-state index contributed by atoms with van der Waals surface area (Å²) in [4.78, 5) is 10.4. The van der Waals surface area contributed by atoms with Gasteiger partial charge >= 0.3 is 0 Å². The summed E-state index contributed by atoms with van der Waals surface area (Å²) in [5, 5.41) is 0. The predicted octanol–water partition coefficient (Wildman–Crippen LogP) is 2.12. The van der Waals surface area contributed by atoms with Crippen molar-refractivity contribution in [3.63, 3.8) is 0 Å². The Morgan fingerprint density at radius 2 is 2.33 bits per heavy atom. The third-order valence-corrected chi connectivity index (χ3v) is 1.49. The zero-order valence-electron chi connectivity index (χ0n) is 6.50. The second-order valence-electron chi connectivity index (χ2n) is 2.23. The summed E-state index contributed by atoms with van der Waals surface area (Å²) in [5.74, 6) is 1.13. The van der Waals surface area contributed by atoms with Crippen LogP contribution < -0.4 is 4.74 Å². The minimum absolute atomic E-state index is 0.450. The van der Waals surface area contributed by atoms with Gasteiger partial charge in [0.05, 0.1) is 5.88 Å². The lowest BCUT2D eigenvalue weighted by molar-refractivity contribution is 0.112. The Labute approximate surface area is 76.1 Å². The number of carbonyl (C=O) groups excluding carboxylic acids is 1. The van der Waals surface area contributed by atoms with E-state index in [0.29, 0.717) is 23.8 Å². The Bertz CT molecular complexity index is 260. The summed E-state index contributed by atoms with van der Waals surface area (Å²) in [6.07, 6.45) is 0.785. The van der Waals surface area contributed by atoms with Crippen molar-refractivity contribution in [1.82, 2.24) is 0 Å². The van der Waals surface area contributed by atoms with Gasteiger partial charge in [-0.2, -0.15) is 0 Å². The largest absolute Gasteiger partial charge is 0.492 e. The first-order valence-electron chi connectivity index (χ1n) is 3.61. The van der Waals surface area contributed by atoms with Crippen LogP contribution in [0.1, 0.15) is 10.4 Å². The molecule has 0 fully saturated rings. The highest BCUT2D eigenvalue weighted by molar-refractivity contribution is 6.18. The molecule has 64 valence electrons. The zero-order chi connectivity index (χ0) is 8.81. The predicted molar refractivity (Wildman–Crippen MR) is 48.0 cm³/mol. The van der Waals surface area contributed by atoms with Crippen molar-refractivity contribution in [1.29, 1.82) is 0 Å². The number of halogens is 1. The molecule has 0 heterocycles. The minimum atomic E-state index is 0.450. The molecule has 1 aromatic rings. The van der Waals surface area contributed by atoms with Crippen molar-refractivity contribution in [3.8, 4) is 5.75 Å². The first-order chi connectivity index (χ1) is 5.86. The van der Waals surface area contributed by atoms with Crippen LogP contribution in [0.5, 0.6) is 5.75 Å². The van der Waals surface area contributed by atoms with Gasteiger partial charge in [0.15, 0.2) is 0 Å². The Hall–Kier alpha value is -1.02. The molecule has 0 saturated carbocycles. The SMILES string of the molecule is O=Cc1cccc(OCCCl)c1. The molecule has 1 aromatic carbocycles. The highest BCUT2D eigenvalue weighted by Gasteiger charge is 1.94. The van der Waals surface area contributed by atoms with Crippen molar-refractivity contribution in [2.45, 2.75) is 0 Å². The van der Waals surface area contributed by atoms with Crippen LogP contribution in [0.3, 0.4) is 0 Å². The van der Waals surface area contributed by atoms with Crippen molar-refractivity contribution in [3.05, 3.63) is 29.8 Å². The average molecular weight is 185 g/mol. The second kappa shape index (κ2) is 4.78. The monoisotopic (exact) mass is 184 g/mol. The Balaban J connectivity index is 2.66. The fraction of sp³-hybridized carbons (Fsp3) is 0.222. The highest BCUT2D eigenvalue weighted by Crippen LogP contribution is 2.11. The van der Waals surface area contributed by atoms with E-state index in [1.54, 1.807) is 24.3 Å². The molecule has 0 bridgehead atoms. The van der Waals surface area contributed by atoms with Gasteiger partial charge in [-0.3, -0.25) is 4.79 Å². The van der Waals surface area contributed by atoms with Crippen LogP contribution in [0.4, 0.5) is 0 Å². The summed E-state index contributed by atoms with van der Waals surface area (Å²) in [5.41, 5.74) is 0.613. The quantitative estimate of drug-likeness (QED) is 0.529. The Kier molecular flexibility index (Phi) is 3.61. The van der Waals surface area contributed by atoms with Crippen LogP contribution in [0.15, 0.2) is 24.3 Å². The second-order valence-corrected chi connectivity index (χ2v) is 2.61. The number of carbonyl (C=O) groups is 1. The van der Waals surface area contributed by atoms with Gasteiger partial charge in [0.1, 0.15) is 18.6 Å². The summed E-state index contributed by atoms with van der Waals surface area (Å²) >= 11 is 5.43. The van der Waals surface area contributed by atoms with Gasteiger partial charge in [0.25, 0.3) is 0 Å². The molecule has 0 N–H and O–H groups in total. The maximum atomic E-state index is 10.4. The van der Waals surface area contributed by atoms with E-state index >= 15 is 0 Å². The van der Waals surface area contributed by atoms with Crippen LogP contribution in [-0.4, -0.2) is 18.8 Å². The van der Waals surface area contributed by atoms with Crippen molar-refractivity contribution in [2.75, 3.05) is 12.5 Å². The van der Waals surface area contributed by atoms with E-state index in [1.165, 1.54) is 0 Å². The summed E-state index contributed by atoms with van der Waals surface area (Å²) in [7, 11) is 0. The molecule has 0 aliphatic heterocycles.